The Morgan fingerprint density at radius 2 is 1.88 bits per heavy atom. The van der Waals surface area contributed by atoms with Crippen molar-refractivity contribution in [3.63, 3.8) is 0 Å². The van der Waals surface area contributed by atoms with Crippen molar-refractivity contribution in [2.45, 2.75) is 25.1 Å². The van der Waals surface area contributed by atoms with Crippen LogP contribution >= 0.6 is 11.6 Å². The molecule has 3 aromatic rings. The number of nitrogens with zero attached hydrogens (tertiary/aromatic N) is 5. The van der Waals surface area contributed by atoms with E-state index in [1.165, 1.54) is 6.20 Å². The van der Waals surface area contributed by atoms with Gasteiger partial charge >= 0.3 is 6.18 Å². The average molecular weight is 464 g/mol. The summed E-state index contributed by atoms with van der Waals surface area (Å²) in [6.07, 6.45) is 1.56. The highest BCUT2D eigenvalue weighted by Gasteiger charge is 2.33. The number of ether oxygens (including phenoxy) is 1. The Morgan fingerprint density at radius 1 is 1.12 bits per heavy atom. The molecule has 1 aliphatic rings. The highest BCUT2D eigenvalue weighted by molar-refractivity contribution is 6.31. The molecular weight excluding hydrogens is 447 g/mol. The molecule has 11 heteroatoms. The number of carbonyl (C=O) groups is 1. The molecule has 1 atom stereocenters. The van der Waals surface area contributed by atoms with Crippen molar-refractivity contribution in [2.24, 2.45) is 0 Å². The molecule has 0 saturated carbocycles. The molecule has 1 aliphatic heterocycles. The molecular formula is C21H17ClF3N5O2. The van der Waals surface area contributed by atoms with E-state index in [0.29, 0.717) is 37.0 Å². The van der Waals surface area contributed by atoms with E-state index in [0.717, 1.165) is 6.07 Å². The maximum absolute atomic E-state index is 13.2. The molecule has 32 heavy (non-hydrogen) atoms. The Bertz CT molecular complexity index is 1110. The van der Waals surface area contributed by atoms with Crippen LogP contribution in [-0.4, -0.2) is 49.9 Å². The minimum Gasteiger partial charge on any atom is -0.471 e. The summed E-state index contributed by atoms with van der Waals surface area (Å²) in [5.41, 5.74) is -0.236. The van der Waals surface area contributed by atoms with Gasteiger partial charge < -0.3 is 9.64 Å². The molecule has 166 valence electrons. The quantitative estimate of drug-likeness (QED) is 0.574. The average Bonchev–Trinajstić information content (AvgIpc) is 2.80. The van der Waals surface area contributed by atoms with Crippen molar-refractivity contribution in [1.82, 2.24) is 24.8 Å². The van der Waals surface area contributed by atoms with Gasteiger partial charge in [-0.15, -0.1) is 0 Å². The first-order chi connectivity index (χ1) is 15.3. The molecule has 3 aromatic heterocycles. The topological polar surface area (TPSA) is 81.1 Å². The van der Waals surface area contributed by atoms with Gasteiger partial charge in [-0.1, -0.05) is 11.6 Å². The van der Waals surface area contributed by atoms with Gasteiger partial charge in [0.25, 0.3) is 5.91 Å². The van der Waals surface area contributed by atoms with Gasteiger partial charge in [0.15, 0.2) is 5.82 Å². The van der Waals surface area contributed by atoms with E-state index in [1.807, 2.05) is 0 Å². The van der Waals surface area contributed by atoms with Crippen molar-refractivity contribution in [3.8, 4) is 17.3 Å². The number of likely N-dealkylation sites (tertiary alicyclic amines) is 1. The molecule has 0 bridgehead atoms. The van der Waals surface area contributed by atoms with Crippen molar-refractivity contribution >= 4 is 17.5 Å². The first kappa shape index (κ1) is 21.9. The second-order valence-electron chi connectivity index (χ2n) is 7.11. The van der Waals surface area contributed by atoms with E-state index >= 15 is 0 Å². The molecule has 1 unspecified atom stereocenters. The lowest BCUT2D eigenvalue weighted by molar-refractivity contribution is -0.137. The molecule has 1 amide bonds. The van der Waals surface area contributed by atoms with Crippen LogP contribution < -0.4 is 4.74 Å². The van der Waals surface area contributed by atoms with Crippen molar-refractivity contribution < 1.29 is 22.7 Å². The van der Waals surface area contributed by atoms with Gasteiger partial charge in [-0.25, -0.2) is 15.0 Å². The molecule has 1 saturated heterocycles. The molecule has 0 aliphatic carbocycles. The molecule has 1 fully saturated rings. The van der Waals surface area contributed by atoms with Gasteiger partial charge in [0.05, 0.1) is 17.7 Å². The van der Waals surface area contributed by atoms with Gasteiger partial charge in [0, 0.05) is 31.3 Å². The van der Waals surface area contributed by atoms with Gasteiger partial charge in [-0.3, -0.25) is 9.78 Å². The summed E-state index contributed by atoms with van der Waals surface area (Å²) in [6, 6.07) is 5.87. The first-order valence-corrected chi connectivity index (χ1v) is 10.1. The highest BCUT2D eigenvalue weighted by Crippen LogP contribution is 2.34. The Hall–Kier alpha value is -3.27. The Morgan fingerprint density at radius 3 is 2.59 bits per heavy atom. The Balaban J connectivity index is 1.50. The van der Waals surface area contributed by atoms with E-state index in [9.17, 15) is 18.0 Å². The van der Waals surface area contributed by atoms with Gasteiger partial charge in [0.1, 0.15) is 16.8 Å². The molecule has 0 N–H and O–H groups in total. The third-order valence-electron chi connectivity index (χ3n) is 4.90. The summed E-state index contributed by atoms with van der Waals surface area (Å²) in [6.45, 7) is 0.696. The monoisotopic (exact) mass is 463 g/mol. The van der Waals surface area contributed by atoms with Crippen LogP contribution in [-0.2, 0) is 6.18 Å². The molecule has 4 rings (SSSR count). The van der Waals surface area contributed by atoms with Crippen LogP contribution in [0.2, 0.25) is 5.02 Å². The number of halogens is 4. The third-order valence-corrected chi connectivity index (χ3v) is 5.17. The smallest absolute Gasteiger partial charge is 0.417 e. The van der Waals surface area contributed by atoms with Crippen LogP contribution in [0.3, 0.4) is 0 Å². The summed E-state index contributed by atoms with van der Waals surface area (Å²) in [5, 5.41) is -0.239. The summed E-state index contributed by atoms with van der Waals surface area (Å²) in [4.78, 5) is 31.1. The van der Waals surface area contributed by atoms with Crippen LogP contribution in [0.1, 0.15) is 28.9 Å². The van der Waals surface area contributed by atoms with Gasteiger partial charge in [-0.2, -0.15) is 13.2 Å². The second kappa shape index (κ2) is 9.07. The molecule has 7 nitrogen and oxygen atoms in total. The zero-order valence-electron chi connectivity index (χ0n) is 16.6. The number of alkyl halides is 3. The SMILES string of the molecule is O=C(c1ncccc1-c1ncccn1)N1CCCC(Oc2ncc(C(F)(F)F)cc2Cl)C1. The predicted octanol–water partition coefficient (Wildman–Crippen LogP) is 4.29. The number of hydrogen-bond acceptors (Lipinski definition) is 6. The maximum atomic E-state index is 13.2. The van der Waals surface area contributed by atoms with E-state index in [-0.39, 0.29) is 29.0 Å². The standard InChI is InChI=1S/C21H17ClF3N5O2/c22-16-10-13(21(23,24)25)11-29-19(16)32-14-4-2-9-30(12-14)20(31)17-15(5-1-6-26-17)18-27-7-3-8-28-18/h1,3,5-8,10-11,14H,2,4,9,12H2. The third kappa shape index (κ3) is 4.80. The van der Waals surface area contributed by atoms with Crippen LogP contribution in [0.5, 0.6) is 5.88 Å². The van der Waals surface area contributed by atoms with E-state index in [2.05, 4.69) is 19.9 Å². The maximum Gasteiger partial charge on any atom is 0.417 e. The zero-order valence-corrected chi connectivity index (χ0v) is 17.3. The van der Waals surface area contributed by atoms with E-state index < -0.39 is 17.8 Å². The second-order valence-corrected chi connectivity index (χ2v) is 7.52. The lowest BCUT2D eigenvalue weighted by Crippen LogP contribution is -2.44. The summed E-state index contributed by atoms with van der Waals surface area (Å²) < 4.78 is 44.2. The molecule has 0 aromatic carbocycles. The normalized spacial score (nSPS) is 16.6. The molecule has 0 radical (unpaired) electrons. The molecule has 0 spiro atoms. The minimum atomic E-state index is -4.55. The fourth-order valence-corrected chi connectivity index (χ4v) is 3.60. The first-order valence-electron chi connectivity index (χ1n) is 9.74. The van der Waals surface area contributed by atoms with Gasteiger partial charge in [-0.05, 0) is 37.1 Å². The minimum absolute atomic E-state index is 0.102. The Labute approximate surface area is 186 Å². The highest BCUT2D eigenvalue weighted by atomic mass is 35.5. The fraction of sp³-hybridized carbons (Fsp3) is 0.286. The predicted molar refractivity (Wildman–Crippen MR) is 109 cm³/mol. The van der Waals surface area contributed by atoms with Crippen molar-refractivity contribution in [3.05, 3.63) is 65.3 Å². The molecule has 4 heterocycles. The van der Waals surface area contributed by atoms with Crippen LogP contribution in [0.15, 0.2) is 49.1 Å². The lowest BCUT2D eigenvalue weighted by atomic mass is 10.1. The summed E-state index contributed by atoms with van der Waals surface area (Å²) in [5.74, 6) is -0.0301. The number of hydrogen-bond donors (Lipinski definition) is 0. The van der Waals surface area contributed by atoms with Gasteiger partial charge in [0.2, 0.25) is 5.88 Å². The number of rotatable bonds is 4. The number of amides is 1. The number of piperidine rings is 1. The van der Waals surface area contributed by atoms with E-state index in [4.69, 9.17) is 16.3 Å². The lowest BCUT2D eigenvalue weighted by Gasteiger charge is -2.32. The number of carbonyl (C=O) groups excluding carboxylic acids is 1. The summed E-state index contributed by atoms with van der Waals surface area (Å²) >= 11 is 5.95. The number of aromatic nitrogens is 4. The van der Waals surface area contributed by atoms with Crippen molar-refractivity contribution in [2.75, 3.05) is 13.1 Å². The largest absolute Gasteiger partial charge is 0.471 e. The van der Waals surface area contributed by atoms with Crippen LogP contribution in [0.4, 0.5) is 13.2 Å². The zero-order chi connectivity index (χ0) is 22.7. The van der Waals surface area contributed by atoms with E-state index in [1.54, 1.807) is 35.5 Å². The summed E-state index contributed by atoms with van der Waals surface area (Å²) in [7, 11) is 0. The number of pyridine rings is 2. The van der Waals surface area contributed by atoms with Crippen LogP contribution in [0, 0.1) is 0 Å². The Kier molecular flexibility index (Phi) is 6.22. The van der Waals surface area contributed by atoms with Crippen LogP contribution in [0.25, 0.3) is 11.4 Å². The van der Waals surface area contributed by atoms with Crippen molar-refractivity contribution in [1.29, 1.82) is 0 Å². The fourth-order valence-electron chi connectivity index (χ4n) is 3.39.